The second-order valence-corrected chi connectivity index (χ2v) is 9.28. The van der Waals surface area contributed by atoms with Crippen molar-refractivity contribution >= 4 is 30.2 Å². The van der Waals surface area contributed by atoms with Crippen LogP contribution in [0.4, 0.5) is 4.79 Å². The zero-order valence-electron chi connectivity index (χ0n) is 21.4. The minimum atomic E-state index is -2.07. The molecule has 3 amide bonds. The number of aromatic nitrogens is 2. The molecule has 2 fully saturated rings. The number of aldehydes is 1. The van der Waals surface area contributed by atoms with Crippen molar-refractivity contribution < 1.29 is 59.0 Å². The molecule has 19 nitrogen and oxygen atoms in total. The Morgan fingerprint density at radius 1 is 1.27 bits per heavy atom. The fourth-order valence-corrected chi connectivity index (χ4v) is 4.45. The second-order valence-electron chi connectivity index (χ2n) is 9.28. The summed E-state index contributed by atoms with van der Waals surface area (Å²) in [5.74, 6) is -3.80. The smallest absolute Gasteiger partial charge is 0.404 e. The first-order valence-electron chi connectivity index (χ1n) is 12.0. The van der Waals surface area contributed by atoms with Gasteiger partial charge in [0.2, 0.25) is 11.8 Å². The van der Waals surface area contributed by atoms with Gasteiger partial charge in [-0.1, -0.05) is 6.08 Å². The van der Waals surface area contributed by atoms with Crippen molar-refractivity contribution in [2.45, 2.75) is 61.8 Å². The summed E-state index contributed by atoms with van der Waals surface area (Å²) < 4.78 is 10.7. The standard InChI is InChI=1S/C22H30N6O13/c1-2-7-3-27(12(7)20(36)37)18(35)11(26-17(34)10(23)13(31)9(30)6-40-21(24)38)16-14(32)15(33)19(41-16)28-4-8(5-29)25-22(28)39/h2,4-5,9-16,19,30-33H,3,6,23H2,1H3,(H2,24,38)(H,25,39)(H,26,34)(H,36,37)/b7-2-/t9?,10?,11?,12-,13?,14-,15+,16+,19+/m0/s1. The lowest BCUT2D eigenvalue weighted by Gasteiger charge is -2.43. The van der Waals surface area contributed by atoms with E-state index in [0.29, 0.717) is 11.9 Å². The Bertz CT molecular complexity index is 1280. The number of carboxylic acid groups (broad SMARTS) is 1. The molecule has 19 heteroatoms. The van der Waals surface area contributed by atoms with Crippen molar-refractivity contribution in [3.8, 4) is 0 Å². The van der Waals surface area contributed by atoms with E-state index >= 15 is 0 Å². The number of aromatic amines is 1. The van der Waals surface area contributed by atoms with E-state index in [1.54, 1.807) is 6.92 Å². The maximum atomic E-state index is 13.5. The molecule has 2 saturated heterocycles. The topological polar surface area (TPSA) is 310 Å². The molecular formula is C22H30N6O13. The maximum Gasteiger partial charge on any atom is 0.404 e. The number of nitrogens with one attached hydrogen (secondary N) is 2. The van der Waals surface area contributed by atoms with Crippen molar-refractivity contribution in [1.29, 1.82) is 0 Å². The van der Waals surface area contributed by atoms with Crippen LogP contribution in [0.25, 0.3) is 0 Å². The third-order valence-electron chi connectivity index (χ3n) is 6.70. The summed E-state index contributed by atoms with van der Waals surface area (Å²) in [5.41, 5.74) is 9.74. The van der Waals surface area contributed by atoms with Crippen LogP contribution in [0, 0.1) is 0 Å². The molecule has 3 rings (SSSR count). The summed E-state index contributed by atoms with van der Waals surface area (Å²) in [6, 6.07) is -5.35. The minimum Gasteiger partial charge on any atom is -0.479 e. The van der Waals surface area contributed by atoms with Gasteiger partial charge in [-0.2, -0.15) is 0 Å². The molecule has 0 aromatic carbocycles. The van der Waals surface area contributed by atoms with E-state index in [9.17, 15) is 54.3 Å². The van der Waals surface area contributed by atoms with Gasteiger partial charge in [-0.15, -0.1) is 0 Å². The molecule has 0 spiro atoms. The van der Waals surface area contributed by atoms with Gasteiger partial charge in [-0.3, -0.25) is 19.0 Å². The average Bonchev–Trinajstić information content (AvgIpc) is 3.42. The van der Waals surface area contributed by atoms with Gasteiger partial charge in [0, 0.05) is 12.7 Å². The van der Waals surface area contributed by atoms with Gasteiger partial charge >= 0.3 is 17.8 Å². The summed E-state index contributed by atoms with van der Waals surface area (Å²) in [5, 5.41) is 53.3. The molecule has 1 aromatic rings. The van der Waals surface area contributed by atoms with Crippen LogP contribution >= 0.6 is 0 Å². The summed E-state index contributed by atoms with van der Waals surface area (Å²) in [7, 11) is 0. The largest absolute Gasteiger partial charge is 0.479 e. The molecule has 0 aliphatic carbocycles. The lowest BCUT2D eigenvalue weighted by molar-refractivity contribution is -0.157. The molecule has 3 heterocycles. The van der Waals surface area contributed by atoms with Crippen molar-refractivity contribution in [3.63, 3.8) is 0 Å². The Morgan fingerprint density at radius 3 is 2.46 bits per heavy atom. The summed E-state index contributed by atoms with van der Waals surface area (Å²) in [6.45, 7) is 0.533. The van der Waals surface area contributed by atoms with Gasteiger partial charge in [0.25, 0.3) is 0 Å². The first-order valence-corrected chi connectivity index (χ1v) is 12.0. The number of aliphatic hydroxyl groups is 4. The highest BCUT2D eigenvalue weighted by Crippen LogP contribution is 2.33. The number of nitrogens with zero attached hydrogens (tertiary/aromatic N) is 2. The molecule has 1 aromatic heterocycles. The molecule has 0 radical (unpaired) electrons. The number of rotatable bonds is 11. The van der Waals surface area contributed by atoms with Crippen LogP contribution in [0.3, 0.4) is 0 Å². The summed E-state index contributed by atoms with van der Waals surface area (Å²) in [6.07, 6.45) is -9.83. The fourth-order valence-electron chi connectivity index (χ4n) is 4.45. The minimum absolute atomic E-state index is 0.175. The molecule has 4 unspecified atom stereocenters. The average molecular weight is 587 g/mol. The molecule has 9 atom stereocenters. The number of aliphatic carboxylic acids is 1. The zero-order valence-corrected chi connectivity index (χ0v) is 21.4. The first-order chi connectivity index (χ1) is 19.2. The lowest BCUT2D eigenvalue weighted by Crippen LogP contribution is -2.67. The number of carboxylic acids is 1. The van der Waals surface area contributed by atoms with Crippen LogP contribution in [-0.2, 0) is 23.9 Å². The number of amides is 3. The zero-order chi connectivity index (χ0) is 30.8. The number of hydrogen-bond donors (Lipinski definition) is 9. The molecule has 11 N–H and O–H groups in total. The number of likely N-dealkylation sites (tertiary alicyclic amines) is 1. The predicted octanol–water partition coefficient (Wildman–Crippen LogP) is -5.52. The number of allylic oxidation sites excluding steroid dienone is 1. The van der Waals surface area contributed by atoms with Crippen molar-refractivity contribution in [2.24, 2.45) is 11.5 Å². The number of imidazole rings is 1. The molecule has 0 bridgehead atoms. The first kappa shape index (κ1) is 31.4. The number of H-pyrrole nitrogens is 1. The fraction of sp³-hybridized carbons (Fsp3) is 0.545. The molecule has 2 aliphatic heterocycles. The quantitative estimate of drug-likeness (QED) is 0.0863. The van der Waals surface area contributed by atoms with E-state index in [0.717, 1.165) is 15.7 Å². The molecular weight excluding hydrogens is 556 g/mol. The Balaban J connectivity index is 1.91. The van der Waals surface area contributed by atoms with Crippen molar-refractivity contribution in [1.82, 2.24) is 19.8 Å². The van der Waals surface area contributed by atoms with Gasteiger partial charge in [-0.25, -0.2) is 14.4 Å². The van der Waals surface area contributed by atoms with E-state index in [1.807, 2.05) is 0 Å². The van der Waals surface area contributed by atoms with Crippen LogP contribution in [0.2, 0.25) is 0 Å². The normalized spacial score (nSPS) is 27.8. The Morgan fingerprint density at radius 2 is 1.93 bits per heavy atom. The number of carbonyl (C=O) groups is 5. The number of nitrogens with two attached hydrogens (primary N) is 2. The van der Waals surface area contributed by atoms with E-state index in [1.165, 1.54) is 6.08 Å². The van der Waals surface area contributed by atoms with Gasteiger partial charge in [-0.05, 0) is 12.5 Å². The summed E-state index contributed by atoms with van der Waals surface area (Å²) in [4.78, 5) is 75.4. The molecule has 41 heavy (non-hydrogen) atoms. The predicted molar refractivity (Wildman–Crippen MR) is 131 cm³/mol. The molecule has 2 aliphatic rings. The number of primary amides is 1. The highest BCUT2D eigenvalue weighted by atomic mass is 16.6. The lowest BCUT2D eigenvalue weighted by atomic mass is 9.92. The maximum absolute atomic E-state index is 13.5. The highest BCUT2D eigenvalue weighted by Gasteiger charge is 2.54. The third-order valence-corrected chi connectivity index (χ3v) is 6.70. The van der Waals surface area contributed by atoms with E-state index in [2.05, 4.69) is 15.0 Å². The third kappa shape index (κ3) is 6.29. The van der Waals surface area contributed by atoms with Crippen LogP contribution in [-0.4, -0.2) is 132 Å². The number of ether oxygens (including phenoxy) is 2. The van der Waals surface area contributed by atoms with Gasteiger partial charge in [0.15, 0.2) is 18.6 Å². The number of carbonyl (C=O) groups excluding carboxylic acids is 4. The molecule has 0 saturated carbocycles. The molecule has 226 valence electrons. The Hall–Kier alpha value is -4.14. The number of aliphatic hydroxyl groups excluding tert-OH is 4. The van der Waals surface area contributed by atoms with Crippen LogP contribution in [0.1, 0.15) is 23.6 Å². The number of hydrogen-bond acceptors (Lipinski definition) is 13. The van der Waals surface area contributed by atoms with E-state index < -0.39 is 91.0 Å². The SMILES string of the molecule is C/C=C1/CN(C(=O)C(NC(=O)C(N)C(O)C(O)COC(N)=O)[C@H]2O[C@@H](n3cc(C=O)[nH]c3=O)[C@H](O)[C@@H]2O)[C@@H]1C(=O)O. The van der Waals surface area contributed by atoms with E-state index in [-0.39, 0.29) is 12.2 Å². The monoisotopic (exact) mass is 586 g/mol. The van der Waals surface area contributed by atoms with Crippen molar-refractivity contribution in [2.75, 3.05) is 13.2 Å². The summed E-state index contributed by atoms with van der Waals surface area (Å²) >= 11 is 0. The van der Waals surface area contributed by atoms with Crippen LogP contribution in [0.15, 0.2) is 22.6 Å². The highest BCUT2D eigenvalue weighted by molar-refractivity contribution is 5.95. The van der Waals surface area contributed by atoms with Gasteiger partial charge < -0.3 is 61.7 Å². The van der Waals surface area contributed by atoms with Crippen LogP contribution < -0.4 is 22.5 Å². The van der Waals surface area contributed by atoms with Crippen molar-refractivity contribution in [3.05, 3.63) is 34.0 Å². The Labute approximate surface area is 229 Å². The van der Waals surface area contributed by atoms with Gasteiger partial charge in [0.05, 0.1) is 5.69 Å². The Kier molecular flexibility index (Phi) is 9.63. The van der Waals surface area contributed by atoms with E-state index in [4.69, 9.17) is 16.2 Å². The van der Waals surface area contributed by atoms with Gasteiger partial charge in [0.1, 0.15) is 49.2 Å². The van der Waals surface area contributed by atoms with Crippen LogP contribution in [0.5, 0.6) is 0 Å². The second kappa shape index (κ2) is 12.6.